The average Bonchev–Trinajstić information content (AvgIpc) is 2.66. The minimum absolute atomic E-state index is 0.301. The van der Waals surface area contributed by atoms with E-state index in [2.05, 4.69) is 30.9 Å². The predicted octanol–water partition coefficient (Wildman–Crippen LogP) is 1.91. The van der Waals surface area contributed by atoms with Gasteiger partial charge in [0.1, 0.15) is 12.2 Å². The van der Waals surface area contributed by atoms with Crippen LogP contribution in [0.25, 0.3) is 0 Å². The SMILES string of the molecule is CCSCCC(O)Cc1ncnn1C(C)C. The van der Waals surface area contributed by atoms with E-state index >= 15 is 0 Å². The molecule has 0 bridgehead atoms. The van der Waals surface area contributed by atoms with Crippen LogP contribution in [0, 0.1) is 0 Å². The Labute approximate surface area is 101 Å². The summed E-state index contributed by atoms with van der Waals surface area (Å²) in [6, 6.07) is 0.301. The molecule has 1 aromatic heterocycles. The van der Waals surface area contributed by atoms with Crippen molar-refractivity contribution in [3.8, 4) is 0 Å². The molecule has 0 spiro atoms. The summed E-state index contributed by atoms with van der Waals surface area (Å²) in [6.45, 7) is 6.27. The van der Waals surface area contributed by atoms with Crippen LogP contribution in [0.3, 0.4) is 0 Å². The Morgan fingerprint density at radius 2 is 2.25 bits per heavy atom. The molecule has 16 heavy (non-hydrogen) atoms. The van der Waals surface area contributed by atoms with Gasteiger partial charge in [0.2, 0.25) is 0 Å². The third-order valence-corrected chi connectivity index (χ3v) is 3.29. The van der Waals surface area contributed by atoms with E-state index in [1.807, 2.05) is 16.4 Å². The van der Waals surface area contributed by atoms with Gasteiger partial charge in [-0.15, -0.1) is 0 Å². The topological polar surface area (TPSA) is 50.9 Å². The van der Waals surface area contributed by atoms with E-state index in [9.17, 15) is 5.11 Å². The van der Waals surface area contributed by atoms with Crippen LogP contribution in [0.15, 0.2) is 6.33 Å². The van der Waals surface area contributed by atoms with Gasteiger partial charge in [-0.1, -0.05) is 6.92 Å². The first-order valence-corrected chi connectivity index (χ1v) is 6.94. The summed E-state index contributed by atoms with van der Waals surface area (Å²) in [7, 11) is 0. The van der Waals surface area contributed by atoms with E-state index in [1.165, 1.54) is 0 Å². The Morgan fingerprint density at radius 3 is 2.88 bits per heavy atom. The number of aromatic nitrogens is 3. The molecule has 0 aliphatic rings. The zero-order chi connectivity index (χ0) is 12.0. The molecule has 1 heterocycles. The van der Waals surface area contributed by atoms with Crippen LogP contribution in [-0.2, 0) is 6.42 Å². The van der Waals surface area contributed by atoms with Crippen molar-refractivity contribution in [2.75, 3.05) is 11.5 Å². The highest BCUT2D eigenvalue weighted by molar-refractivity contribution is 7.99. The quantitative estimate of drug-likeness (QED) is 0.743. The molecule has 0 aromatic carbocycles. The number of aliphatic hydroxyl groups is 1. The minimum Gasteiger partial charge on any atom is -0.393 e. The van der Waals surface area contributed by atoms with Crippen molar-refractivity contribution < 1.29 is 5.11 Å². The van der Waals surface area contributed by atoms with Crippen molar-refractivity contribution in [3.63, 3.8) is 0 Å². The van der Waals surface area contributed by atoms with Gasteiger partial charge in [-0.2, -0.15) is 16.9 Å². The Kier molecular flexibility index (Phi) is 5.84. The van der Waals surface area contributed by atoms with Crippen molar-refractivity contribution in [1.29, 1.82) is 0 Å². The van der Waals surface area contributed by atoms with Gasteiger partial charge < -0.3 is 5.11 Å². The lowest BCUT2D eigenvalue weighted by atomic mass is 10.2. The first-order chi connectivity index (χ1) is 7.65. The first-order valence-electron chi connectivity index (χ1n) is 5.79. The van der Waals surface area contributed by atoms with Crippen LogP contribution in [0.1, 0.15) is 39.1 Å². The van der Waals surface area contributed by atoms with Crippen molar-refractivity contribution >= 4 is 11.8 Å². The van der Waals surface area contributed by atoms with Gasteiger partial charge in [0.25, 0.3) is 0 Å². The molecule has 1 N–H and O–H groups in total. The van der Waals surface area contributed by atoms with E-state index in [4.69, 9.17) is 0 Å². The molecule has 5 heteroatoms. The number of nitrogens with zero attached hydrogens (tertiary/aromatic N) is 3. The Bertz CT molecular complexity index is 301. The van der Waals surface area contributed by atoms with Crippen LogP contribution >= 0.6 is 11.8 Å². The molecule has 1 rings (SSSR count). The van der Waals surface area contributed by atoms with Gasteiger partial charge in [0.15, 0.2) is 0 Å². The number of aliphatic hydroxyl groups excluding tert-OH is 1. The molecule has 0 saturated carbocycles. The molecular formula is C11H21N3OS. The Balaban J connectivity index is 2.43. The maximum absolute atomic E-state index is 9.86. The normalized spacial score (nSPS) is 13.3. The van der Waals surface area contributed by atoms with Crippen LogP contribution < -0.4 is 0 Å². The van der Waals surface area contributed by atoms with Crippen molar-refractivity contribution in [1.82, 2.24) is 14.8 Å². The van der Waals surface area contributed by atoms with Crippen molar-refractivity contribution in [2.24, 2.45) is 0 Å². The van der Waals surface area contributed by atoms with Crippen LogP contribution in [0.5, 0.6) is 0 Å². The molecule has 4 nitrogen and oxygen atoms in total. The average molecular weight is 243 g/mol. The summed E-state index contributed by atoms with van der Waals surface area (Å²) in [5.74, 6) is 2.99. The molecule has 1 aromatic rings. The molecule has 0 fully saturated rings. The Hall–Kier alpha value is -0.550. The molecule has 0 saturated heterocycles. The minimum atomic E-state index is -0.305. The lowest BCUT2D eigenvalue weighted by molar-refractivity contribution is 0.167. The van der Waals surface area contributed by atoms with Gasteiger partial charge in [0, 0.05) is 12.5 Å². The van der Waals surface area contributed by atoms with Crippen LogP contribution in [0.2, 0.25) is 0 Å². The lowest BCUT2D eigenvalue weighted by Crippen LogP contribution is -2.17. The van der Waals surface area contributed by atoms with Crippen molar-refractivity contribution in [2.45, 2.75) is 45.8 Å². The second-order valence-electron chi connectivity index (χ2n) is 4.06. The fourth-order valence-electron chi connectivity index (χ4n) is 1.53. The molecule has 0 radical (unpaired) electrons. The highest BCUT2D eigenvalue weighted by Gasteiger charge is 2.12. The first kappa shape index (κ1) is 13.5. The summed E-state index contributed by atoms with van der Waals surface area (Å²) >= 11 is 1.86. The van der Waals surface area contributed by atoms with E-state index in [0.717, 1.165) is 23.8 Å². The van der Waals surface area contributed by atoms with Crippen LogP contribution in [0.4, 0.5) is 0 Å². The number of thioether (sulfide) groups is 1. The summed E-state index contributed by atoms with van der Waals surface area (Å²) in [5, 5.41) is 14.0. The molecule has 1 unspecified atom stereocenters. The standard InChI is InChI=1S/C11H21N3OS/c1-4-16-6-5-10(15)7-11-12-8-13-14(11)9(2)3/h8-10,15H,4-7H2,1-3H3. The smallest absolute Gasteiger partial charge is 0.138 e. The fourth-order valence-corrected chi connectivity index (χ4v) is 2.26. The van der Waals surface area contributed by atoms with Gasteiger partial charge >= 0.3 is 0 Å². The van der Waals surface area contributed by atoms with Gasteiger partial charge in [-0.3, -0.25) is 0 Å². The summed E-state index contributed by atoms with van der Waals surface area (Å²) in [4.78, 5) is 4.19. The lowest BCUT2D eigenvalue weighted by Gasteiger charge is -2.12. The zero-order valence-electron chi connectivity index (χ0n) is 10.3. The monoisotopic (exact) mass is 243 g/mol. The highest BCUT2D eigenvalue weighted by Crippen LogP contribution is 2.11. The van der Waals surface area contributed by atoms with Gasteiger partial charge in [-0.05, 0) is 31.8 Å². The highest BCUT2D eigenvalue weighted by atomic mass is 32.2. The largest absolute Gasteiger partial charge is 0.393 e. The zero-order valence-corrected chi connectivity index (χ0v) is 11.1. The maximum Gasteiger partial charge on any atom is 0.138 e. The van der Waals surface area contributed by atoms with E-state index in [1.54, 1.807) is 6.33 Å². The molecule has 0 aliphatic carbocycles. The fraction of sp³-hybridized carbons (Fsp3) is 0.818. The summed E-state index contributed by atoms with van der Waals surface area (Å²) in [6.07, 6.45) is 2.68. The van der Waals surface area contributed by atoms with Crippen molar-refractivity contribution in [3.05, 3.63) is 12.2 Å². The molecule has 1 atom stereocenters. The molecule has 92 valence electrons. The number of hydrogen-bond donors (Lipinski definition) is 1. The second kappa shape index (κ2) is 6.91. The predicted molar refractivity (Wildman–Crippen MR) is 67.7 cm³/mol. The van der Waals surface area contributed by atoms with Gasteiger partial charge in [-0.25, -0.2) is 9.67 Å². The maximum atomic E-state index is 9.86. The number of hydrogen-bond acceptors (Lipinski definition) is 4. The molecule has 0 aliphatic heterocycles. The summed E-state index contributed by atoms with van der Waals surface area (Å²) < 4.78 is 1.87. The third kappa shape index (κ3) is 4.14. The van der Waals surface area contributed by atoms with E-state index in [-0.39, 0.29) is 6.10 Å². The molecular weight excluding hydrogens is 222 g/mol. The van der Waals surface area contributed by atoms with Gasteiger partial charge in [0.05, 0.1) is 6.10 Å². The van der Waals surface area contributed by atoms with Crippen LogP contribution in [-0.4, -0.2) is 37.5 Å². The Morgan fingerprint density at radius 1 is 1.50 bits per heavy atom. The van der Waals surface area contributed by atoms with E-state index in [0.29, 0.717) is 12.5 Å². The molecule has 0 amide bonds. The second-order valence-corrected chi connectivity index (χ2v) is 5.45. The third-order valence-electron chi connectivity index (χ3n) is 2.35. The summed E-state index contributed by atoms with van der Waals surface area (Å²) in [5.41, 5.74) is 0. The van der Waals surface area contributed by atoms with E-state index < -0.39 is 0 Å². The number of rotatable bonds is 7.